The lowest BCUT2D eigenvalue weighted by Crippen LogP contribution is -2.41. The van der Waals surface area contributed by atoms with E-state index in [9.17, 15) is 9.59 Å². The minimum atomic E-state index is 0.00803. The first-order valence-corrected chi connectivity index (χ1v) is 9.57. The molecule has 0 radical (unpaired) electrons. The van der Waals surface area contributed by atoms with E-state index in [2.05, 4.69) is 10.6 Å². The van der Waals surface area contributed by atoms with Crippen LogP contribution in [0.15, 0.2) is 30.3 Å². The first-order valence-electron chi connectivity index (χ1n) is 9.57. The molecule has 2 amide bonds. The lowest BCUT2D eigenvalue weighted by Gasteiger charge is -2.32. The molecule has 0 aromatic heterocycles. The number of anilines is 1. The van der Waals surface area contributed by atoms with Gasteiger partial charge in [-0.15, -0.1) is 0 Å². The highest BCUT2D eigenvalue weighted by atomic mass is 16.2. The van der Waals surface area contributed by atoms with Crippen LogP contribution in [0.1, 0.15) is 38.5 Å². The number of para-hydroxylation sites is 1. The van der Waals surface area contributed by atoms with E-state index in [4.69, 9.17) is 0 Å². The fraction of sp³-hybridized carbons (Fsp3) is 0.600. The molecule has 0 atom stereocenters. The summed E-state index contributed by atoms with van der Waals surface area (Å²) in [6.45, 7) is 3.58. The lowest BCUT2D eigenvalue weighted by atomic mass is 9.92. The number of likely N-dealkylation sites (tertiary alicyclic amines) is 1. The van der Waals surface area contributed by atoms with Crippen LogP contribution in [-0.2, 0) is 9.59 Å². The number of nitrogens with zero attached hydrogens (tertiary/aromatic N) is 1. The van der Waals surface area contributed by atoms with Crippen LogP contribution in [-0.4, -0.2) is 42.9 Å². The zero-order chi connectivity index (χ0) is 17.5. The van der Waals surface area contributed by atoms with Gasteiger partial charge in [-0.2, -0.15) is 0 Å². The normalized spacial score (nSPS) is 19.6. The zero-order valence-corrected chi connectivity index (χ0v) is 14.9. The highest BCUT2D eigenvalue weighted by Gasteiger charge is 2.27. The first-order chi connectivity index (χ1) is 12.2. The number of benzene rings is 1. The highest BCUT2D eigenvalue weighted by molar-refractivity contribution is 5.92. The Bertz CT molecular complexity index is 562. The van der Waals surface area contributed by atoms with E-state index in [1.54, 1.807) is 0 Å². The molecule has 2 aliphatic rings. The number of piperidine rings is 2. The van der Waals surface area contributed by atoms with Gasteiger partial charge in [0.15, 0.2) is 0 Å². The Morgan fingerprint density at radius 3 is 2.40 bits per heavy atom. The van der Waals surface area contributed by atoms with E-state index >= 15 is 0 Å². The Kier molecular flexibility index (Phi) is 6.45. The maximum atomic E-state index is 12.4. The summed E-state index contributed by atoms with van der Waals surface area (Å²) in [5, 5.41) is 6.34. The Hall–Kier alpha value is -1.88. The monoisotopic (exact) mass is 343 g/mol. The third-order valence-electron chi connectivity index (χ3n) is 5.48. The van der Waals surface area contributed by atoms with Crippen LogP contribution in [0.2, 0.25) is 0 Å². The van der Waals surface area contributed by atoms with Crippen LogP contribution in [0.5, 0.6) is 0 Å². The number of hydrogen-bond acceptors (Lipinski definition) is 3. The van der Waals surface area contributed by atoms with Crippen molar-refractivity contribution < 1.29 is 9.59 Å². The highest BCUT2D eigenvalue weighted by Crippen LogP contribution is 2.22. The molecule has 2 saturated heterocycles. The van der Waals surface area contributed by atoms with Crippen LogP contribution in [0.4, 0.5) is 5.69 Å². The molecule has 1 aromatic carbocycles. The standard InChI is InChI=1S/C20H29N3O2/c24-19(7-6-16-8-12-21-13-9-16)23-14-10-17(11-15-23)20(25)22-18-4-2-1-3-5-18/h1-5,16-17,21H,6-15H2,(H,22,25). The minimum Gasteiger partial charge on any atom is -0.343 e. The maximum absolute atomic E-state index is 12.4. The quantitative estimate of drug-likeness (QED) is 0.864. The molecule has 5 nitrogen and oxygen atoms in total. The molecule has 0 aliphatic carbocycles. The number of carbonyl (C=O) groups is 2. The molecule has 5 heteroatoms. The first kappa shape index (κ1) is 17.9. The summed E-state index contributed by atoms with van der Waals surface area (Å²) in [5.74, 6) is 1.04. The van der Waals surface area contributed by atoms with E-state index in [0.717, 1.165) is 38.0 Å². The summed E-state index contributed by atoms with van der Waals surface area (Å²) in [7, 11) is 0. The van der Waals surface area contributed by atoms with Crippen molar-refractivity contribution in [3.8, 4) is 0 Å². The van der Waals surface area contributed by atoms with Crippen molar-refractivity contribution in [2.45, 2.75) is 38.5 Å². The molecule has 0 unspecified atom stereocenters. The summed E-state index contributed by atoms with van der Waals surface area (Å²) in [6, 6.07) is 9.57. The average Bonchev–Trinajstić information content (AvgIpc) is 2.68. The van der Waals surface area contributed by atoms with Crippen molar-refractivity contribution >= 4 is 17.5 Å². The number of rotatable bonds is 5. The van der Waals surface area contributed by atoms with Crippen molar-refractivity contribution in [1.82, 2.24) is 10.2 Å². The lowest BCUT2D eigenvalue weighted by molar-refractivity contribution is -0.134. The molecule has 0 bridgehead atoms. The Morgan fingerprint density at radius 1 is 1.04 bits per heavy atom. The molecule has 2 aliphatic heterocycles. The van der Waals surface area contributed by atoms with Crippen LogP contribution in [0.3, 0.4) is 0 Å². The van der Waals surface area contributed by atoms with Gasteiger partial charge >= 0.3 is 0 Å². The van der Waals surface area contributed by atoms with Gasteiger partial charge in [-0.3, -0.25) is 9.59 Å². The Morgan fingerprint density at radius 2 is 1.72 bits per heavy atom. The van der Waals surface area contributed by atoms with Crippen molar-refractivity contribution in [3.05, 3.63) is 30.3 Å². The number of carbonyl (C=O) groups excluding carboxylic acids is 2. The summed E-state index contributed by atoms with van der Waals surface area (Å²) in [4.78, 5) is 26.7. The number of hydrogen-bond donors (Lipinski definition) is 2. The van der Waals surface area contributed by atoms with Gasteiger partial charge in [0.2, 0.25) is 11.8 Å². The van der Waals surface area contributed by atoms with Gasteiger partial charge in [0.1, 0.15) is 0 Å². The molecule has 1 aromatic rings. The molecular formula is C20H29N3O2. The topological polar surface area (TPSA) is 61.4 Å². The van der Waals surface area contributed by atoms with E-state index < -0.39 is 0 Å². The van der Waals surface area contributed by atoms with Crippen molar-refractivity contribution in [1.29, 1.82) is 0 Å². The van der Waals surface area contributed by atoms with Gasteiger partial charge in [0.25, 0.3) is 0 Å². The molecule has 136 valence electrons. The van der Waals surface area contributed by atoms with Crippen molar-refractivity contribution in [3.63, 3.8) is 0 Å². The van der Waals surface area contributed by atoms with E-state index in [-0.39, 0.29) is 17.7 Å². The molecule has 2 N–H and O–H groups in total. The molecule has 2 fully saturated rings. The minimum absolute atomic E-state index is 0.00803. The van der Waals surface area contributed by atoms with Crippen LogP contribution in [0.25, 0.3) is 0 Å². The second-order valence-electron chi connectivity index (χ2n) is 7.24. The van der Waals surface area contributed by atoms with Crippen LogP contribution < -0.4 is 10.6 Å². The summed E-state index contributed by atoms with van der Waals surface area (Å²) < 4.78 is 0. The zero-order valence-electron chi connectivity index (χ0n) is 14.9. The van der Waals surface area contributed by atoms with Crippen LogP contribution in [0, 0.1) is 11.8 Å². The average molecular weight is 343 g/mol. The Balaban J connectivity index is 1.38. The van der Waals surface area contributed by atoms with E-state index in [0.29, 0.717) is 25.4 Å². The van der Waals surface area contributed by atoms with E-state index in [1.807, 2.05) is 35.2 Å². The maximum Gasteiger partial charge on any atom is 0.227 e. The summed E-state index contributed by atoms with van der Waals surface area (Å²) in [5.41, 5.74) is 0.841. The molecule has 3 rings (SSSR count). The largest absolute Gasteiger partial charge is 0.343 e. The van der Waals surface area contributed by atoms with Gasteiger partial charge in [0.05, 0.1) is 0 Å². The molecule has 2 heterocycles. The van der Waals surface area contributed by atoms with Gasteiger partial charge in [-0.1, -0.05) is 18.2 Å². The summed E-state index contributed by atoms with van der Waals surface area (Å²) >= 11 is 0. The summed E-state index contributed by atoms with van der Waals surface area (Å²) in [6.07, 6.45) is 5.57. The van der Waals surface area contributed by atoms with E-state index in [1.165, 1.54) is 12.8 Å². The third kappa shape index (κ3) is 5.30. The van der Waals surface area contributed by atoms with Crippen molar-refractivity contribution in [2.75, 3.05) is 31.5 Å². The Labute approximate surface area is 150 Å². The van der Waals surface area contributed by atoms with Gasteiger partial charge in [-0.05, 0) is 63.2 Å². The van der Waals surface area contributed by atoms with Gasteiger partial charge in [0, 0.05) is 31.1 Å². The van der Waals surface area contributed by atoms with Crippen molar-refractivity contribution in [2.24, 2.45) is 11.8 Å². The molecule has 0 saturated carbocycles. The van der Waals surface area contributed by atoms with Gasteiger partial charge < -0.3 is 15.5 Å². The third-order valence-corrected chi connectivity index (χ3v) is 5.48. The second-order valence-corrected chi connectivity index (χ2v) is 7.24. The predicted molar refractivity (Wildman–Crippen MR) is 99.2 cm³/mol. The van der Waals surface area contributed by atoms with Crippen LogP contribution >= 0.6 is 0 Å². The van der Waals surface area contributed by atoms with Gasteiger partial charge in [-0.25, -0.2) is 0 Å². The second kappa shape index (κ2) is 8.99. The predicted octanol–water partition coefficient (Wildman–Crippen LogP) is 2.64. The number of amides is 2. The smallest absolute Gasteiger partial charge is 0.227 e. The molecular weight excluding hydrogens is 314 g/mol. The fourth-order valence-electron chi connectivity index (χ4n) is 3.81. The fourth-order valence-corrected chi connectivity index (χ4v) is 3.81. The molecule has 25 heavy (non-hydrogen) atoms. The SMILES string of the molecule is O=C(Nc1ccccc1)C1CCN(C(=O)CCC2CCNCC2)CC1. The number of nitrogens with one attached hydrogen (secondary N) is 2. The molecule has 0 spiro atoms.